The Labute approximate surface area is 84.2 Å². The van der Waals surface area contributed by atoms with E-state index in [4.69, 9.17) is 4.74 Å². The molecule has 0 amide bonds. The van der Waals surface area contributed by atoms with E-state index in [0.717, 1.165) is 0 Å². The van der Waals surface area contributed by atoms with Crippen molar-refractivity contribution in [1.82, 2.24) is 0 Å². The van der Waals surface area contributed by atoms with E-state index in [1.54, 1.807) is 7.11 Å². The summed E-state index contributed by atoms with van der Waals surface area (Å²) in [6, 6.07) is 10.7. The molecule has 11 heavy (non-hydrogen) atoms. The van der Waals surface area contributed by atoms with Gasteiger partial charge in [0.1, 0.15) is 0 Å². The van der Waals surface area contributed by atoms with Gasteiger partial charge in [0, 0.05) is 13.7 Å². The fourth-order valence-electron chi connectivity index (χ4n) is 0.684. The van der Waals surface area contributed by atoms with Gasteiger partial charge in [-0.3, -0.25) is 0 Å². The van der Waals surface area contributed by atoms with Crippen LogP contribution in [-0.2, 0) is 27.7 Å². The number of hydrogen-bond donors (Lipinski definition) is 0. The average molecular weight is 266 g/mol. The van der Waals surface area contributed by atoms with Crippen molar-refractivity contribution in [2.24, 2.45) is 0 Å². The average Bonchev–Trinajstić information content (AvgIpc) is 2.11. The summed E-state index contributed by atoms with van der Waals surface area (Å²) in [5.41, 5.74) is 1.19. The van der Waals surface area contributed by atoms with Crippen LogP contribution in [0.3, 0.4) is 0 Å². The van der Waals surface area contributed by atoms with Gasteiger partial charge in [0.05, 0.1) is 0 Å². The Morgan fingerprint density at radius 3 is 2.45 bits per heavy atom. The predicted molar refractivity (Wildman–Crippen MR) is 44.9 cm³/mol. The second kappa shape index (κ2) is 8.38. The molecular formula is C8H9BrOZn. The molecule has 0 N–H and O–H groups in total. The minimum atomic E-state index is 0.689. The van der Waals surface area contributed by atoms with Crippen LogP contribution in [0.4, 0.5) is 0 Å². The molecule has 1 aromatic rings. The molecule has 0 saturated carbocycles. The van der Waals surface area contributed by atoms with Crippen molar-refractivity contribution in [2.45, 2.75) is 6.61 Å². The molecule has 0 fully saturated rings. The molecule has 0 saturated heterocycles. The Morgan fingerprint density at radius 1 is 1.45 bits per heavy atom. The van der Waals surface area contributed by atoms with E-state index in [1.165, 1.54) is 21.9 Å². The van der Waals surface area contributed by atoms with Gasteiger partial charge in [-0.15, -0.1) is 5.56 Å². The minimum absolute atomic E-state index is 0.689. The first-order chi connectivity index (χ1) is 5.43. The maximum atomic E-state index is 4.91. The number of benzene rings is 1. The summed E-state index contributed by atoms with van der Waals surface area (Å²) in [5.74, 6) is 0. The maximum absolute atomic E-state index is 4.91. The van der Waals surface area contributed by atoms with Crippen molar-refractivity contribution in [2.75, 3.05) is 7.11 Å². The summed E-state index contributed by atoms with van der Waals surface area (Å²) in [6.07, 6.45) is 0. The van der Waals surface area contributed by atoms with Crippen LogP contribution in [0.1, 0.15) is 5.56 Å². The van der Waals surface area contributed by atoms with Gasteiger partial charge in [-0.1, -0.05) is 0 Å². The molecule has 1 rings (SSSR count). The summed E-state index contributed by atoms with van der Waals surface area (Å²) < 4.78 is 4.91. The van der Waals surface area contributed by atoms with Crippen molar-refractivity contribution in [1.29, 1.82) is 0 Å². The molecule has 0 aliphatic carbocycles. The number of ether oxygens (including phenoxy) is 1. The van der Waals surface area contributed by atoms with Gasteiger partial charge in [0.15, 0.2) is 0 Å². The number of methoxy groups -OCH3 is 1. The SMILES string of the molecule is COCc1cc[c-]cc1.[Zn+][Br]. The zero-order valence-electron chi connectivity index (χ0n) is 6.51. The van der Waals surface area contributed by atoms with Crippen molar-refractivity contribution >= 4 is 13.6 Å². The van der Waals surface area contributed by atoms with E-state index in [0.29, 0.717) is 6.61 Å². The van der Waals surface area contributed by atoms with E-state index in [9.17, 15) is 0 Å². The first kappa shape index (κ1) is 11.3. The Bertz CT molecular complexity index is 167. The predicted octanol–water partition coefficient (Wildman–Crippen LogP) is 2.48. The van der Waals surface area contributed by atoms with Gasteiger partial charge in [-0.25, -0.2) is 0 Å². The second-order valence-electron chi connectivity index (χ2n) is 1.84. The van der Waals surface area contributed by atoms with Crippen LogP contribution in [0.15, 0.2) is 24.3 Å². The summed E-state index contributed by atoms with van der Waals surface area (Å²) in [5, 5.41) is 0. The molecule has 1 aromatic carbocycles. The zero-order chi connectivity index (χ0) is 8.53. The van der Waals surface area contributed by atoms with Crippen LogP contribution in [0.2, 0.25) is 0 Å². The number of rotatable bonds is 2. The van der Waals surface area contributed by atoms with E-state index in [2.05, 4.69) is 19.7 Å². The van der Waals surface area contributed by atoms with Crippen LogP contribution in [0, 0.1) is 6.07 Å². The van der Waals surface area contributed by atoms with Gasteiger partial charge in [0.25, 0.3) is 0 Å². The van der Waals surface area contributed by atoms with E-state index < -0.39 is 0 Å². The van der Waals surface area contributed by atoms with Crippen LogP contribution in [0.25, 0.3) is 0 Å². The van der Waals surface area contributed by atoms with Crippen molar-refractivity contribution in [3.05, 3.63) is 35.9 Å². The molecule has 0 bridgehead atoms. The third-order valence-corrected chi connectivity index (χ3v) is 1.10. The molecule has 56 valence electrons. The topological polar surface area (TPSA) is 9.23 Å². The quantitative estimate of drug-likeness (QED) is 0.590. The Kier molecular flexibility index (Phi) is 8.60. The van der Waals surface area contributed by atoms with Crippen LogP contribution >= 0.6 is 13.6 Å². The number of hydrogen-bond acceptors (Lipinski definition) is 1. The van der Waals surface area contributed by atoms with Gasteiger partial charge in [-0.2, -0.15) is 30.3 Å². The Morgan fingerprint density at radius 2 is 2.00 bits per heavy atom. The molecule has 0 atom stereocenters. The van der Waals surface area contributed by atoms with Crippen molar-refractivity contribution in [3.8, 4) is 0 Å². The summed E-state index contributed by atoms with van der Waals surface area (Å²) in [6.45, 7) is 0.689. The molecule has 0 aromatic heterocycles. The summed E-state index contributed by atoms with van der Waals surface area (Å²) in [4.78, 5) is 0. The third kappa shape index (κ3) is 5.54. The van der Waals surface area contributed by atoms with Crippen LogP contribution in [0.5, 0.6) is 0 Å². The molecule has 0 radical (unpaired) electrons. The fourth-order valence-corrected chi connectivity index (χ4v) is 0.684. The van der Waals surface area contributed by atoms with Gasteiger partial charge in [-0.05, 0) is 0 Å². The molecule has 0 aliphatic rings. The molecule has 3 heteroatoms. The molecule has 1 nitrogen and oxygen atoms in total. The number of halogens is 1. The fraction of sp³-hybridized carbons (Fsp3) is 0.250. The molecule has 0 unspecified atom stereocenters. The molecular weight excluding hydrogens is 257 g/mol. The third-order valence-electron chi connectivity index (χ3n) is 1.10. The summed E-state index contributed by atoms with van der Waals surface area (Å²) >= 11 is 4.25. The van der Waals surface area contributed by atoms with E-state index >= 15 is 0 Å². The van der Waals surface area contributed by atoms with Gasteiger partial charge < -0.3 is 4.74 Å². The Balaban J connectivity index is 0.000000461. The molecule has 0 spiro atoms. The molecule has 0 heterocycles. The van der Waals surface area contributed by atoms with E-state index in [1.807, 2.05) is 24.3 Å². The standard InChI is InChI=1S/C8H9O.BrH.Zn/c1-9-7-8-5-3-2-4-6-8;;/h3-6H,7H2,1H3;1H;/q-1;;+2/p-1. The van der Waals surface area contributed by atoms with Crippen LogP contribution < -0.4 is 0 Å². The first-order valence-electron chi connectivity index (χ1n) is 3.14. The van der Waals surface area contributed by atoms with Crippen molar-refractivity contribution < 1.29 is 21.1 Å². The van der Waals surface area contributed by atoms with Gasteiger partial charge in [0.2, 0.25) is 0 Å². The van der Waals surface area contributed by atoms with Gasteiger partial charge >= 0.3 is 30.0 Å². The Hall–Kier alpha value is 0.283. The first-order valence-corrected chi connectivity index (χ1v) is 10.1. The summed E-state index contributed by atoms with van der Waals surface area (Å²) in [7, 11) is 1.69. The molecule has 0 aliphatic heterocycles. The zero-order valence-corrected chi connectivity index (χ0v) is 11.1. The van der Waals surface area contributed by atoms with Crippen molar-refractivity contribution in [3.63, 3.8) is 0 Å². The normalized spacial score (nSPS) is 8.36. The monoisotopic (exact) mass is 264 g/mol. The van der Waals surface area contributed by atoms with Crippen LogP contribution in [-0.4, -0.2) is 7.11 Å². The second-order valence-corrected chi connectivity index (χ2v) is 1.84. The van der Waals surface area contributed by atoms with E-state index in [-0.39, 0.29) is 0 Å².